The molecular weight excluding hydrogens is 236 g/mol. The van der Waals surface area contributed by atoms with Gasteiger partial charge in [0, 0.05) is 19.8 Å². The van der Waals surface area contributed by atoms with Crippen molar-refractivity contribution in [1.82, 2.24) is 4.98 Å². The Bertz CT molecular complexity index is 447. The minimum Gasteiger partial charge on any atom is -0.481 e. The highest BCUT2D eigenvalue weighted by atomic mass is 16.5. The number of aromatic nitrogens is 1. The Balaban J connectivity index is 2.83. The summed E-state index contributed by atoms with van der Waals surface area (Å²) in [6, 6.07) is 3.12. The van der Waals surface area contributed by atoms with E-state index in [1.807, 2.05) is 0 Å². The first-order chi connectivity index (χ1) is 8.45. The summed E-state index contributed by atoms with van der Waals surface area (Å²) in [6.07, 6.45) is 1.49. The molecule has 0 fully saturated rings. The van der Waals surface area contributed by atoms with Crippen molar-refractivity contribution < 1.29 is 19.4 Å². The van der Waals surface area contributed by atoms with Crippen molar-refractivity contribution in [2.75, 3.05) is 25.6 Å². The summed E-state index contributed by atoms with van der Waals surface area (Å²) in [4.78, 5) is 27.9. The average molecular weight is 252 g/mol. The summed E-state index contributed by atoms with van der Waals surface area (Å²) in [5.74, 6) is -1.30. The van der Waals surface area contributed by atoms with E-state index in [0.717, 1.165) is 0 Å². The number of carboxylic acids is 1. The van der Waals surface area contributed by atoms with Crippen LogP contribution in [0.4, 0.5) is 5.82 Å². The topological polar surface area (TPSA) is 79.7 Å². The van der Waals surface area contributed by atoms with Gasteiger partial charge in [0.1, 0.15) is 5.82 Å². The normalized spacial score (nSPS) is 11.7. The number of ether oxygens (including phenoxy) is 1. The maximum atomic E-state index is 11.4. The predicted octanol–water partition coefficient (Wildman–Crippen LogP) is 1.03. The van der Waals surface area contributed by atoms with Gasteiger partial charge in [0.15, 0.2) is 0 Å². The van der Waals surface area contributed by atoms with Crippen LogP contribution in [0.1, 0.15) is 17.3 Å². The monoisotopic (exact) mass is 252 g/mol. The lowest BCUT2D eigenvalue weighted by atomic mass is 10.1. The van der Waals surface area contributed by atoms with Crippen molar-refractivity contribution >= 4 is 17.8 Å². The molecule has 1 aromatic rings. The van der Waals surface area contributed by atoms with Gasteiger partial charge in [-0.25, -0.2) is 9.78 Å². The number of pyridine rings is 1. The summed E-state index contributed by atoms with van der Waals surface area (Å²) >= 11 is 0. The molecule has 1 rings (SSSR count). The van der Waals surface area contributed by atoms with Crippen LogP contribution in [0.2, 0.25) is 0 Å². The fourth-order valence-corrected chi connectivity index (χ4v) is 1.45. The molecule has 18 heavy (non-hydrogen) atoms. The second-order valence-corrected chi connectivity index (χ2v) is 4.01. The first-order valence-corrected chi connectivity index (χ1v) is 5.44. The van der Waals surface area contributed by atoms with Crippen LogP contribution in [0.15, 0.2) is 18.3 Å². The van der Waals surface area contributed by atoms with Crippen LogP contribution in [-0.4, -0.2) is 42.7 Å². The van der Waals surface area contributed by atoms with Crippen molar-refractivity contribution in [2.24, 2.45) is 5.92 Å². The lowest BCUT2D eigenvalue weighted by Gasteiger charge is -2.20. The van der Waals surface area contributed by atoms with Gasteiger partial charge in [-0.15, -0.1) is 0 Å². The summed E-state index contributed by atoms with van der Waals surface area (Å²) < 4.78 is 4.61. The fourth-order valence-electron chi connectivity index (χ4n) is 1.45. The molecule has 98 valence electrons. The SMILES string of the molecule is COC(=O)c1ccnc(N(C)CC(C)C(=O)O)c1. The molecule has 0 saturated carbocycles. The van der Waals surface area contributed by atoms with Crippen LogP contribution >= 0.6 is 0 Å². The lowest BCUT2D eigenvalue weighted by molar-refractivity contribution is -0.140. The zero-order valence-corrected chi connectivity index (χ0v) is 10.6. The Morgan fingerprint density at radius 3 is 2.78 bits per heavy atom. The van der Waals surface area contributed by atoms with Crippen molar-refractivity contribution in [3.63, 3.8) is 0 Å². The number of anilines is 1. The molecule has 0 amide bonds. The fraction of sp³-hybridized carbons (Fsp3) is 0.417. The third-order valence-electron chi connectivity index (χ3n) is 2.53. The maximum Gasteiger partial charge on any atom is 0.338 e. The molecule has 1 heterocycles. The highest BCUT2D eigenvalue weighted by molar-refractivity contribution is 5.90. The van der Waals surface area contributed by atoms with Crippen LogP contribution in [0, 0.1) is 5.92 Å². The molecule has 1 atom stereocenters. The average Bonchev–Trinajstić information content (AvgIpc) is 2.37. The van der Waals surface area contributed by atoms with Crippen molar-refractivity contribution in [3.8, 4) is 0 Å². The van der Waals surface area contributed by atoms with E-state index >= 15 is 0 Å². The van der Waals surface area contributed by atoms with E-state index in [4.69, 9.17) is 5.11 Å². The Hall–Kier alpha value is -2.11. The molecule has 6 nitrogen and oxygen atoms in total. The Kier molecular flexibility index (Phi) is 4.65. The molecule has 0 aliphatic heterocycles. The standard InChI is InChI=1S/C12H16N2O4/c1-8(11(15)16)7-14(2)10-6-9(4-5-13-10)12(17)18-3/h4-6,8H,7H2,1-3H3,(H,15,16). The first-order valence-electron chi connectivity index (χ1n) is 5.44. The largest absolute Gasteiger partial charge is 0.481 e. The van der Waals surface area contributed by atoms with E-state index in [0.29, 0.717) is 17.9 Å². The van der Waals surface area contributed by atoms with Gasteiger partial charge in [0.25, 0.3) is 0 Å². The number of carboxylic acid groups (broad SMARTS) is 1. The summed E-state index contributed by atoms with van der Waals surface area (Å²) in [7, 11) is 3.03. The zero-order chi connectivity index (χ0) is 13.7. The van der Waals surface area contributed by atoms with Crippen molar-refractivity contribution in [1.29, 1.82) is 0 Å². The Morgan fingerprint density at radius 2 is 2.22 bits per heavy atom. The van der Waals surface area contributed by atoms with Crippen molar-refractivity contribution in [3.05, 3.63) is 23.9 Å². The molecule has 0 aliphatic rings. The van der Waals surface area contributed by atoms with Crippen LogP contribution < -0.4 is 4.90 Å². The highest BCUT2D eigenvalue weighted by Crippen LogP contribution is 2.13. The lowest BCUT2D eigenvalue weighted by Crippen LogP contribution is -2.29. The van der Waals surface area contributed by atoms with Gasteiger partial charge in [-0.05, 0) is 12.1 Å². The number of carbonyl (C=O) groups excluding carboxylic acids is 1. The van der Waals surface area contributed by atoms with E-state index in [9.17, 15) is 9.59 Å². The van der Waals surface area contributed by atoms with Crippen LogP contribution in [-0.2, 0) is 9.53 Å². The molecule has 0 saturated heterocycles. The second-order valence-electron chi connectivity index (χ2n) is 4.01. The van der Waals surface area contributed by atoms with Gasteiger partial charge in [-0.1, -0.05) is 6.92 Å². The minimum absolute atomic E-state index is 0.312. The number of aliphatic carboxylic acids is 1. The van der Waals surface area contributed by atoms with E-state index < -0.39 is 17.9 Å². The zero-order valence-electron chi connectivity index (χ0n) is 10.6. The maximum absolute atomic E-state index is 11.4. The predicted molar refractivity (Wildman–Crippen MR) is 65.6 cm³/mol. The van der Waals surface area contributed by atoms with Crippen molar-refractivity contribution in [2.45, 2.75) is 6.92 Å². The second kappa shape index (κ2) is 6.00. The molecule has 1 N–H and O–H groups in total. The third kappa shape index (κ3) is 3.44. The van der Waals surface area contributed by atoms with E-state index in [1.54, 1.807) is 31.0 Å². The summed E-state index contributed by atoms with van der Waals surface area (Å²) in [6.45, 7) is 1.93. The number of nitrogens with zero attached hydrogens (tertiary/aromatic N) is 2. The number of carbonyl (C=O) groups is 2. The molecule has 0 aliphatic carbocycles. The number of methoxy groups -OCH3 is 1. The van der Waals surface area contributed by atoms with Gasteiger partial charge in [-0.2, -0.15) is 0 Å². The van der Waals surface area contributed by atoms with Gasteiger partial charge >= 0.3 is 11.9 Å². The van der Waals surface area contributed by atoms with E-state index in [-0.39, 0.29) is 0 Å². The molecule has 0 aromatic carbocycles. The Morgan fingerprint density at radius 1 is 1.56 bits per heavy atom. The van der Waals surface area contributed by atoms with Crippen LogP contribution in [0.5, 0.6) is 0 Å². The van der Waals surface area contributed by atoms with Gasteiger partial charge in [0.2, 0.25) is 0 Å². The summed E-state index contributed by atoms with van der Waals surface area (Å²) in [5, 5.41) is 8.84. The molecule has 0 spiro atoms. The smallest absolute Gasteiger partial charge is 0.338 e. The summed E-state index contributed by atoms with van der Waals surface area (Å²) in [5.41, 5.74) is 0.386. The van der Waals surface area contributed by atoms with E-state index in [1.165, 1.54) is 13.3 Å². The molecule has 1 aromatic heterocycles. The highest BCUT2D eigenvalue weighted by Gasteiger charge is 2.15. The Labute approximate surface area is 105 Å². The molecule has 1 unspecified atom stereocenters. The quantitative estimate of drug-likeness (QED) is 0.788. The number of hydrogen-bond donors (Lipinski definition) is 1. The number of hydrogen-bond acceptors (Lipinski definition) is 5. The molecule has 0 radical (unpaired) electrons. The third-order valence-corrected chi connectivity index (χ3v) is 2.53. The number of rotatable bonds is 5. The van der Waals surface area contributed by atoms with Crippen LogP contribution in [0.25, 0.3) is 0 Å². The van der Waals surface area contributed by atoms with Gasteiger partial charge in [0.05, 0.1) is 18.6 Å². The first kappa shape index (κ1) is 14.0. The van der Waals surface area contributed by atoms with Gasteiger partial charge < -0.3 is 14.7 Å². The van der Waals surface area contributed by atoms with Crippen LogP contribution in [0.3, 0.4) is 0 Å². The molecule has 6 heteroatoms. The molecule has 0 bridgehead atoms. The minimum atomic E-state index is -0.869. The van der Waals surface area contributed by atoms with E-state index in [2.05, 4.69) is 9.72 Å². The van der Waals surface area contributed by atoms with Gasteiger partial charge in [-0.3, -0.25) is 4.79 Å². The molecular formula is C12H16N2O4. The number of esters is 1.